The number of benzene rings is 1. The highest BCUT2D eigenvalue weighted by Crippen LogP contribution is 2.37. The molecule has 33 heavy (non-hydrogen) atoms. The Kier molecular flexibility index (Phi) is 6.85. The van der Waals surface area contributed by atoms with E-state index in [1.165, 1.54) is 10.4 Å². The van der Waals surface area contributed by atoms with Crippen molar-refractivity contribution in [1.29, 1.82) is 0 Å². The fraction of sp³-hybridized carbons (Fsp3) is 0.480. The van der Waals surface area contributed by atoms with E-state index in [-0.39, 0.29) is 11.8 Å². The zero-order valence-corrected chi connectivity index (χ0v) is 19.9. The molecule has 4 heterocycles. The van der Waals surface area contributed by atoms with Gasteiger partial charge >= 0.3 is 0 Å². The summed E-state index contributed by atoms with van der Waals surface area (Å²) in [6, 6.07) is 12.6. The summed E-state index contributed by atoms with van der Waals surface area (Å²) in [4.78, 5) is 29.1. The van der Waals surface area contributed by atoms with Crippen molar-refractivity contribution in [2.75, 3.05) is 57.4 Å². The van der Waals surface area contributed by atoms with E-state index in [4.69, 9.17) is 14.7 Å². The van der Waals surface area contributed by atoms with E-state index >= 15 is 0 Å². The van der Waals surface area contributed by atoms with Crippen LogP contribution in [0.5, 0.6) is 0 Å². The number of morpholine rings is 1. The van der Waals surface area contributed by atoms with Crippen molar-refractivity contribution in [3.63, 3.8) is 0 Å². The molecule has 0 spiro atoms. The number of aromatic nitrogens is 2. The molecule has 0 bridgehead atoms. The van der Waals surface area contributed by atoms with Gasteiger partial charge in [0.15, 0.2) is 0 Å². The first kappa shape index (κ1) is 22.3. The Morgan fingerprint density at radius 2 is 1.88 bits per heavy atom. The molecule has 2 aromatic heterocycles. The zero-order chi connectivity index (χ0) is 22.6. The van der Waals surface area contributed by atoms with Crippen LogP contribution in [0.3, 0.4) is 0 Å². The van der Waals surface area contributed by atoms with E-state index in [1.807, 2.05) is 13.0 Å². The van der Waals surface area contributed by atoms with Crippen molar-refractivity contribution in [2.45, 2.75) is 19.8 Å². The Morgan fingerprint density at radius 1 is 1.12 bits per heavy atom. The first-order valence-electron chi connectivity index (χ1n) is 11.8. The second kappa shape index (κ2) is 10.2. The molecule has 3 aromatic rings. The SMILES string of the molecule is Cc1nc(N2CCC(C(=O)NCCN3CCOCC3)CC2)c2cc(-c3ccccc3)sc2n1. The van der Waals surface area contributed by atoms with E-state index in [0.717, 1.165) is 80.6 Å². The lowest BCUT2D eigenvalue weighted by Gasteiger charge is -2.33. The number of fused-ring (bicyclic) bond motifs is 1. The Morgan fingerprint density at radius 3 is 2.64 bits per heavy atom. The average Bonchev–Trinajstić information content (AvgIpc) is 3.29. The Hall–Kier alpha value is -2.55. The summed E-state index contributed by atoms with van der Waals surface area (Å²) in [5, 5.41) is 4.26. The topological polar surface area (TPSA) is 70.6 Å². The Bertz CT molecular complexity index is 1090. The number of carbonyl (C=O) groups is 1. The highest BCUT2D eigenvalue weighted by molar-refractivity contribution is 7.21. The van der Waals surface area contributed by atoms with Crippen LogP contribution in [0.4, 0.5) is 5.82 Å². The summed E-state index contributed by atoms with van der Waals surface area (Å²) in [6.45, 7) is 8.73. The van der Waals surface area contributed by atoms with Crippen molar-refractivity contribution < 1.29 is 9.53 Å². The van der Waals surface area contributed by atoms with Crippen molar-refractivity contribution >= 4 is 33.3 Å². The van der Waals surface area contributed by atoms with Crippen LogP contribution in [0.1, 0.15) is 18.7 Å². The number of piperidine rings is 1. The van der Waals surface area contributed by atoms with Crippen LogP contribution in [0, 0.1) is 12.8 Å². The van der Waals surface area contributed by atoms with Crippen LogP contribution in [-0.4, -0.2) is 73.3 Å². The van der Waals surface area contributed by atoms with Gasteiger partial charge in [-0.05, 0) is 31.4 Å². The zero-order valence-electron chi connectivity index (χ0n) is 19.1. The number of anilines is 1. The maximum absolute atomic E-state index is 12.7. The number of thiophene rings is 1. The molecule has 1 aromatic carbocycles. The van der Waals surface area contributed by atoms with E-state index in [1.54, 1.807) is 11.3 Å². The van der Waals surface area contributed by atoms with Crippen LogP contribution in [0.25, 0.3) is 20.7 Å². The lowest BCUT2D eigenvalue weighted by atomic mass is 9.95. The third kappa shape index (κ3) is 5.18. The summed E-state index contributed by atoms with van der Waals surface area (Å²) in [7, 11) is 0. The maximum Gasteiger partial charge on any atom is 0.223 e. The van der Waals surface area contributed by atoms with Crippen molar-refractivity contribution in [3.05, 3.63) is 42.2 Å². The van der Waals surface area contributed by atoms with Gasteiger partial charge in [0.25, 0.3) is 0 Å². The Labute approximate surface area is 198 Å². The third-order valence-electron chi connectivity index (χ3n) is 6.54. The third-order valence-corrected chi connectivity index (χ3v) is 7.62. The molecule has 1 N–H and O–H groups in total. The lowest BCUT2D eigenvalue weighted by Crippen LogP contribution is -2.44. The van der Waals surface area contributed by atoms with Gasteiger partial charge in [-0.3, -0.25) is 9.69 Å². The van der Waals surface area contributed by atoms with Crippen LogP contribution in [0.2, 0.25) is 0 Å². The van der Waals surface area contributed by atoms with E-state index in [0.29, 0.717) is 6.54 Å². The summed E-state index contributed by atoms with van der Waals surface area (Å²) in [5.74, 6) is 2.06. The molecule has 7 nitrogen and oxygen atoms in total. The van der Waals surface area contributed by atoms with E-state index < -0.39 is 0 Å². The van der Waals surface area contributed by atoms with Crippen LogP contribution in [0.15, 0.2) is 36.4 Å². The maximum atomic E-state index is 12.7. The molecule has 2 saturated heterocycles. The van der Waals surface area contributed by atoms with Crippen molar-refractivity contribution in [1.82, 2.24) is 20.2 Å². The molecule has 0 atom stereocenters. The number of aryl methyl sites for hydroxylation is 1. The van der Waals surface area contributed by atoms with Crippen LogP contribution >= 0.6 is 11.3 Å². The number of nitrogens with zero attached hydrogens (tertiary/aromatic N) is 4. The molecule has 2 fully saturated rings. The normalized spacial score (nSPS) is 18.0. The molecule has 2 aliphatic heterocycles. The summed E-state index contributed by atoms with van der Waals surface area (Å²) < 4.78 is 5.38. The molecule has 1 amide bonds. The largest absolute Gasteiger partial charge is 0.379 e. The monoisotopic (exact) mass is 465 g/mol. The van der Waals surface area contributed by atoms with Gasteiger partial charge in [-0.1, -0.05) is 30.3 Å². The molecular weight excluding hydrogens is 434 g/mol. The number of hydrogen-bond donors (Lipinski definition) is 1. The molecule has 0 saturated carbocycles. The molecule has 5 rings (SSSR count). The summed E-state index contributed by atoms with van der Waals surface area (Å²) >= 11 is 1.72. The molecule has 0 radical (unpaired) electrons. The molecule has 2 aliphatic rings. The Balaban J connectivity index is 1.22. The molecule has 0 aliphatic carbocycles. The summed E-state index contributed by atoms with van der Waals surface area (Å²) in [5.41, 5.74) is 1.21. The van der Waals surface area contributed by atoms with Gasteiger partial charge in [0.2, 0.25) is 5.91 Å². The summed E-state index contributed by atoms with van der Waals surface area (Å²) in [6.07, 6.45) is 1.70. The van der Waals surface area contributed by atoms with Crippen LogP contribution in [-0.2, 0) is 9.53 Å². The van der Waals surface area contributed by atoms with Gasteiger partial charge in [-0.25, -0.2) is 9.97 Å². The van der Waals surface area contributed by atoms with Crippen molar-refractivity contribution in [3.8, 4) is 10.4 Å². The number of rotatable bonds is 6. The number of ether oxygens (including phenoxy) is 1. The quantitative estimate of drug-likeness (QED) is 0.602. The van der Waals surface area contributed by atoms with Crippen LogP contribution < -0.4 is 10.2 Å². The van der Waals surface area contributed by atoms with E-state index in [9.17, 15) is 4.79 Å². The molecule has 8 heteroatoms. The van der Waals surface area contributed by atoms with Gasteiger partial charge < -0.3 is 15.0 Å². The minimum Gasteiger partial charge on any atom is -0.379 e. The smallest absolute Gasteiger partial charge is 0.223 e. The first-order valence-corrected chi connectivity index (χ1v) is 12.7. The predicted molar refractivity (Wildman–Crippen MR) is 133 cm³/mol. The number of amides is 1. The number of nitrogens with one attached hydrogen (secondary N) is 1. The van der Waals surface area contributed by atoms with Gasteiger partial charge in [0, 0.05) is 50.1 Å². The highest BCUT2D eigenvalue weighted by atomic mass is 32.1. The molecule has 0 unspecified atom stereocenters. The molecule has 174 valence electrons. The van der Waals surface area contributed by atoms with E-state index in [2.05, 4.69) is 45.4 Å². The standard InChI is InChI=1S/C25H31N5O2S/c1-18-27-23(21-17-22(33-25(21)28-18)19-5-3-2-4-6-19)30-10-7-20(8-11-30)24(31)26-9-12-29-13-15-32-16-14-29/h2-6,17,20H,7-16H2,1H3,(H,26,31). The van der Waals surface area contributed by atoms with Crippen molar-refractivity contribution in [2.24, 2.45) is 5.92 Å². The second-order valence-corrected chi connectivity index (χ2v) is 9.83. The minimum atomic E-state index is 0.0757. The molecular formula is C25H31N5O2S. The van der Waals surface area contributed by atoms with Gasteiger partial charge in [-0.15, -0.1) is 11.3 Å². The highest BCUT2D eigenvalue weighted by Gasteiger charge is 2.27. The van der Waals surface area contributed by atoms with Gasteiger partial charge in [-0.2, -0.15) is 0 Å². The average molecular weight is 466 g/mol. The second-order valence-electron chi connectivity index (χ2n) is 8.80. The number of carbonyl (C=O) groups excluding carboxylic acids is 1. The first-order chi connectivity index (χ1) is 16.2. The van der Waals surface area contributed by atoms with Gasteiger partial charge in [0.05, 0.1) is 18.6 Å². The minimum absolute atomic E-state index is 0.0757. The number of hydrogen-bond acceptors (Lipinski definition) is 7. The lowest BCUT2D eigenvalue weighted by molar-refractivity contribution is -0.125. The predicted octanol–water partition coefficient (Wildman–Crippen LogP) is 3.33. The fourth-order valence-corrected chi connectivity index (χ4v) is 5.73. The van der Waals surface area contributed by atoms with Gasteiger partial charge in [0.1, 0.15) is 16.5 Å². The fourth-order valence-electron chi connectivity index (χ4n) is 4.66.